The first-order valence-electron chi connectivity index (χ1n) is 7.37. The molecule has 1 saturated carbocycles. The maximum atomic E-state index is 11.8. The summed E-state index contributed by atoms with van der Waals surface area (Å²) in [6, 6.07) is 1.99. The number of carbonyl (C=O) groups excluding carboxylic acids is 1. The number of rotatable bonds is 5. The van der Waals surface area contributed by atoms with Crippen LogP contribution in [0, 0.1) is 5.92 Å². The van der Waals surface area contributed by atoms with E-state index in [1.54, 1.807) is 11.3 Å². The van der Waals surface area contributed by atoms with Gasteiger partial charge in [0.2, 0.25) is 0 Å². The Morgan fingerprint density at radius 2 is 2.35 bits per heavy atom. The van der Waals surface area contributed by atoms with Crippen LogP contribution in [0.4, 0.5) is 4.79 Å². The first kappa shape index (κ1) is 15.3. The number of aliphatic hydroxyl groups excluding tert-OH is 1. The highest BCUT2D eigenvalue weighted by Gasteiger charge is 2.20. The Kier molecular flexibility index (Phi) is 5.86. The maximum Gasteiger partial charge on any atom is 0.314 e. The van der Waals surface area contributed by atoms with Gasteiger partial charge in [-0.2, -0.15) is 11.3 Å². The lowest BCUT2D eigenvalue weighted by Gasteiger charge is -2.26. The van der Waals surface area contributed by atoms with Gasteiger partial charge in [-0.05, 0) is 53.5 Å². The molecule has 1 aliphatic rings. The smallest absolute Gasteiger partial charge is 0.314 e. The minimum Gasteiger partial charge on any atom is -0.393 e. The molecule has 1 fully saturated rings. The Morgan fingerprint density at radius 3 is 3.05 bits per heavy atom. The molecule has 2 rings (SSSR count). The van der Waals surface area contributed by atoms with Crippen molar-refractivity contribution < 1.29 is 9.90 Å². The number of carbonyl (C=O) groups is 1. The highest BCUT2D eigenvalue weighted by atomic mass is 32.1. The molecule has 1 heterocycles. The van der Waals surface area contributed by atoms with Gasteiger partial charge in [-0.3, -0.25) is 0 Å². The van der Waals surface area contributed by atoms with Crippen LogP contribution >= 0.6 is 11.3 Å². The minimum atomic E-state index is -0.183. The van der Waals surface area contributed by atoms with Crippen LogP contribution in [0.2, 0.25) is 0 Å². The lowest BCUT2D eigenvalue weighted by molar-refractivity contribution is 0.101. The van der Waals surface area contributed by atoms with Crippen molar-refractivity contribution in [3.05, 3.63) is 22.4 Å². The molecule has 3 atom stereocenters. The van der Waals surface area contributed by atoms with Crippen LogP contribution in [0.15, 0.2) is 16.8 Å². The van der Waals surface area contributed by atoms with E-state index < -0.39 is 0 Å². The summed E-state index contributed by atoms with van der Waals surface area (Å²) in [5, 5.41) is 19.6. The number of amides is 2. The highest BCUT2D eigenvalue weighted by molar-refractivity contribution is 7.07. The molecule has 0 bridgehead atoms. The number of nitrogens with one attached hydrogen (secondary N) is 2. The summed E-state index contributed by atoms with van der Waals surface area (Å²) in [5.74, 6) is 0.752. The van der Waals surface area contributed by atoms with Crippen molar-refractivity contribution in [1.82, 2.24) is 10.6 Å². The molecule has 5 heteroatoms. The molecule has 2 amide bonds. The van der Waals surface area contributed by atoms with Crippen molar-refractivity contribution in [2.75, 3.05) is 13.1 Å². The van der Waals surface area contributed by atoms with Crippen molar-refractivity contribution in [3.63, 3.8) is 0 Å². The van der Waals surface area contributed by atoms with Crippen LogP contribution in [0.25, 0.3) is 0 Å². The van der Waals surface area contributed by atoms with Crippen LogP contribution in [0.3, 0.4) is 0 Å². The highest BCUT2D eigenvalue weighted by Crippen LogP contribution is 2.23. The fourth-order valence-corrected chi connectivity index (χ4v) is 3.45. The SMILES string of the molecule is CC(CNC(=O)NCC1CCCC(O)C1)c1ccsc1. The maximum absolute atomic E-state index is 11.8. The van der Waals surface area contributed by atoms with E-state index in [1.807, 2.05) is 0 Å². The third-order valence-corrected chi connectivity index (χ3v) is 4.69. The average Bonchev–Trinajstić information content (AvgIpc) is 2.97. The second kappa shape index (κ2) is 7.64. The van der Waals surface area contributed by atoms with Gasteiger partial charge in [-0.15, -0.1) is 0 Å². The molecule has 1 aromatic rings. The van der Waals surface area contributed by atoms with Gasteiger partial charge in [0.05, 0.1) is 6.10 Å². The molecule has 0 spiro atoms. The minimum absolute atomic E-state index is 0.104. The molecule has 1 aliphatic carbocycles. The lowest BCUT2D eigenvalue weighted by Crippen LogP contribution is -2.40. The number of thiophene rings is 1. The Morgan fingerprint density at radius 1 is 1.50 bits per heavy atom. The zero-order valence-electron chi connectivity index (χ0n) is 12.0. The molecule has 0 aromatic carbocycles. The van der Waals surface area contributed by atoms with Crippen LogP contribution < -0.4 is 10.6 Å². The molecule has 1 aromatic heterocycles. The van der Waals surface area contributed by atoms with E-state index in [0.717, 1.165) is 25.7 Å². The number of urea groups is 1. The molecule has 0 aliphatic heterocycles. The van der Waals surface area contributed by atoms with Gasteiger partial charge in [0, 0.05) is 13.1 Å². The van der Waals surface area contributed by atoms with E-state index in [9.17, 15) is 9.90 Å². The van der Waals surface area contributed by atoms with Crippen LogP contribution in [0.5, 0.6) is 0 Å². The Hall–Kier alpha value is -1.07. The summed E-state index contributed by atoms with van der Waals surface area (Å²) in [5.41, 5.74) is 1.27. The van der Waals surface area contributed by atoms with Gasteiger partial charge in [0.1, 0.15) is 0 Å². The van der Waals surface area contributed by atoms with E-state index >= 15 is 0 Å². The zero-order valence-corrected chi connectivity index (χ0v) is 12.8. The molecule has 0 radical (unpaired) electrons. The van der Waals surface area contributed by atoms with E-state index in [-0.39, 0.29) is 12.1 Å². The van der Waals surface area contributed by atoms with Gasteiger partial charge in [-0.25, -0.2) is 4.79 Å². The summed E-state index contributed by atoms with van der Waals surface area (Å²) in [7, 11) is 0. The molecular formula is C15H24N2O2S. The molecule has 20 heavy (non-hydrogen) atoms. The monoisotopic (exact) mass is 296 g/mol. The third-order valence-electron chi connectivity index (χ3n) is 3.99. The Bertz CT molecular complexity index is 408. The number of hydrogen-bond donors (Lipinski definition) is 3. The van der Waals surface area contributed by atoms with E-state index in [2.05, 4.69) is 34.4 Å². The summed E-state index contributed by atoms with van der Waals surface area (Å²) in [4.78, 5) is 11.8. The first-order chi connectivity index (χ1) is 9.65. The predicted octanol–water partition coefficient (Wildman–Crippen LogP) is 2.70. The van der Waals surface area contributed by atoms with E-state index in [0.29, 0.717) is 24.9 Å². The largest absolute Gasteiger partial charge is 0.393 e. The zero-order chi connectivity index (χ0) is 14.4. The van der Waals surface area contributed by atoms with Gasteiger partial charge < -0.3 is 15.7 Å². The summed E-state index contributed by atoms with van der Waals surface area (Å²) in [6.45, 7) is 3.42. The van der Waals surface area contributed by atoms with Gasteiger partial charge in [-0.1, -0.05) is 13.3 Å². The van der Waals surface area contributed by atoms with Crippen LogP contribution in [-0.2, 0) is 0 Å². The van der Waals surface area contributed by atoms with E-state index in [4.69, 9.17) is 0 Å². The normalized spacial score (nSPS) is 24.1. The van der Waals surface area contributed by atoms with Crippen molar-refractivity contribution >= 4 is 17.4 Å². The quantitative estimate of drug-likeness (QED) is 0.782. The molecule has 3 N–H and O–H groups in total. The molecule has 0 saturated heterocycles. The van der Waals surface area contributed by atoms with E-state index in [1.165, 1.54) is 5.56 Å². The summed E-state index contributed by atoms with van der Waals surface area (Å²) in [6.07, 6.45) is 3.69. The van der Waals surface area contributed by atoms with Gasteiger partial charge >= 0.3 is 6.03 Å². The fraction of sp³-hybridized carbons (Fsp3) is 0.667. The second-order valence-corrected chi connectivity index (χ2v) is 6.52. The van der Waals surface area contributed by atoms with Crippen molar-refractivity contribution in [1.29, 1.82) is 0 Å². The molecule has 3 unspecified atom stereocenters. The first-order valence-corrected chi connectivity index (χ1v) is 8.31. The molecule has 4 nitrogen and oxygen atoms in total. The van der Waals surface area contributed by atoms with Crippen molar-refractivity contribution in [2.45, 2.75) is 44.6 Å². The summed E-state index contributed by atoms with van der Waals surface area (Å²) < 4.78 is 0. The third kappa shape index (κ3) is 4.80. The van der Waals surface area contributed by atoms with Gasteiger partial charge in [0.25, 0.3) is 0 Å². The van der Waals surface area contributed by atoms with Crippen molar-refractivity contribution in [2.24, 2.45) is 5.92 Å². The average molecular weight is 296 g/mol. The van der Waals surface area contributed by atoms with Crippen LogP contribution in [-0.4, -0.2) is 30.3 Å². The second-order valence-electron chi connectivity index (χ2n) is 5.74. The predicted molar refractivity (Wildman–Crippen MR) is 82.1 cm³/mol. The summed E-state index contributed by atoms with van der Waals surface area (Å²) >= 11 is 1.68. The standard InChI is InChI=1S/C15H24N2O2S/c1-11(13-5-6-20-10-13)8-16-15(19)17-9-12-3-2-4-14(18)7-12/h5-6,10-12,14,18H,2-4,7-9H2,1H3,(H2,16,17,19). The van der Waals surface area contributed by atoms with Gasteiger partial charge in [0.15, 0.2) is 0 Å². The Labute approximate surface area is 124 Å². The lowest BCUT2D eigenvalue weighted by atomic mass is 9.87. The Balaban J connectivity index is 1.63. The topological polar surface area (TPSA) is 61.4 Å². The molecular weight excluding hydrogens is 272 g/mol. The molecule has 112 valence electrons. The number of aliphatic hydroxyl groups is 1. The fourth-order valence-electron chi connectivity index (χ4n) is 2.67. The number of hydrogen-bond acceptors (Lipinski definition) is 3. The van der Waals surface area contributed by atoms with Crippen molar-refractivity contribution in [3.8, 4) is 0 Å². The van der Waals surface area contributed by atoms with Crippen LogP contribution in [0.1, 0.15) is 44.1 Å².